The highest BCUT2D eigenvalue weighted by atomic mass is 16.7. The van der Waals surface area contributed by atoms with Crippen LogP contribution in [0.5, 0.6) is 0 Å². The molecule has 6 rings (SSSR count). The molecule has 1 saturated carbocycles. The maximum absolute atomic E-state index is 12.9. The van der Waals surface area contributed by atoms with Crippen LogP contribution in [0.25, 0.3) is 0 Å². The number of hydroxylamine groups is 4. The third kappa shape index (κ3) is 2.80. The van der Waals surface area contributed by atoms with E-state index >= 15 is 0 Å². The summed E-state index contributed by atoms with van der Waals surface area (Å²) in [7, 11) is 0. The Kier molecular flexibility index (Phi) is 4.36. The number of allylic oxidation sites excluding steroid dienone is 2. The van der Waals surface area contributed by atoms with Gasteiger partial charge >= 0.3 is 12.0 Å². The first-order valence-corrected chi connectivity index (χ1v) is 11.1. The summed E-state index contributed by atoms with van der Waals surface area (Å²) in [5.41, 5.74) is 0.938. The van der Waals surface area contributed by atoms with Crippen molar-refractivity contribution < 1.29 is 28.9 Å². The second-order valence-corrected chi connectivity index (χ2v) is 9.15. The minimum absolute atomic E-state index is 0.0380. The molecule has 4 amide bonds. The summed E-state index contributed by atoms with van der Waals surface area (Å²) in [6.45, 7) is 0.594. The largest absolute Gasteiger partial charge is 0.355 e. The summed E-state index contributed by atoms with van der Waals surface area (Å²) in [6.07, 6.45) is 5.72. The summed E-state index contributed by atoms with van der Waals surface area (Å²) in [4.78, 5) is 63.9. The maximum atomic E-state index is 12.9. The smallest absolute Gasteiger partial charge is 0.328 e. The molecule has 32 heavy (non-hydrogen) atoms. The lowest BCUT2D eigenvalue weighted by Crippen LogP contribution is -2.48. The molecule has 4 fully saturated rings. The van der Waals surface area contributed by atoms with Crippen molar-refractivity contribution in [3.8, 4) is 0 Å². The molecule has 0 N–H and O–H groups in total. The van der Waals surface area contributed by atoms with Crippen molar-refractivity contribution in [2.45, 2.75) is 38.0 Å². The molecule has 3 saturated heterocycles. The third-order valence-corrected chi connectivity index (χ3v) is 7.42. The molecule has 9 nitrogen and oxygen atoms in total. The minimum Gasteiger partial charge on any atom is -0.328 e. The second kappa shape index (κ2) is 7.16. The maximum Gasteiger partial charge on any atom is 0.355 e. The number of amides is 4. The Bertz CT molecular complexity index is 996. The Morgan fingerprint density at radius 3 is 2.34 bits per heavy atom. The zero-order valence-corrected chi connectivity index (χ0v) is 17.3. The molecule has 5 aliphatic rings. The van der Waals surface area contributed by atoms with Gasteiger partial charge in [-0.1, -0.05) is 42.5 Å². The number of carbonyl (C=O) groups excluding carboxylic acids is 4. The summed E-state index contributed by atoms with van der Waals surface area (Å²) in [5.74, 6) is -2.43. The van der Waals surface area contributed by atoms with E-state index in [2.05, 4.69) is 0 Å². The Labute approximate surface area is 184 Å². The first kappa shape index (κ1) is 19.5. The van der Waals surface area contributed by atoms with E-state index < -0.39 is 41.7 Å². The number of benzene rings is 1. The molecule has 9 heteroatoms. The molecule has 4 bridgehead atoms. The average Bonchev–Trinajstić information content (AvgIpc) is 3.54. The minimum atomic E-state index is -0.847. The van der Waals surface area contributed by atoms with Gasteiger partial charge in [-0.25, -0.2) is 9.59 Å². The number of hydrogen-bond donors (Lipinski definition) is 0. The van der Waals surface area contributed by atoms with Crippen LogP contribution in [-0.2, 0) is 30.7 Å². The SMILES string of the molecule is O=C(ON1C(=O)C2[C@@H]3C=C[C@@H](C3)[C@H]2C1=O)[C@@H]1CC[C@H]2CN1C(=O)N2OCc1ccccc1. The molecular weight excluding hydrogens is 414 g/mol. The van der Waals surface area contributed by atoms with Crippen molar-refractivity contribution in [3.63, 3.8) is 0 Å². The molecule has 0 spiro atoms. The van der Waals surface area contributed by atoms with Gasteiger partial charge < -0.3 is 9.74 Å². The highest BCUT2D eigenvalue weighted by Gasteiger charge is 2.61. The number of nitrogens with zero attached hydrogens (tertiary/aromatic N) is 3. The first-order valence-electron chi connectivity index (χ1n) is 11.1. The van der Waals surface area contributed by atoms with E-state index in [0.717, 1.165) is 12.0 Å². The van der Waals surface area contributed by atoms with Crippen LogP contribution in [0, 0.1) is 23.7 Å². The quantitative estimate of drug-likeness (QED) is 0.513. The summed E-state index contributed by atoms with van der Waals surface area (Å²) in [5, 5.41) is 1.99. The van der Waals surface area contributed by atoms with Crippen molar-refractivity contribution >= 4 is 23.8 Å². The predicted octanol–water partition coefficient (Wildman–Crippen LogP) is 1.65. The molecule has 3 heterocycles. The predicted molar refractivity (Wildman–Crippen MR) is 108 cm³/mol. The average molecular weight is 437 g/mol. The Morgan fingerprint density at radius 1 is 0.969 bits per heavy atom. The van der Waals surface area contributed by atoms with Gasteiger partial charge in [0.05, 0.1) is 17.9 Å². The summed E-state index contributed by atoms with van der Waals surface area (Å²) in [6, 6.07) is 8.13. The highest BCUT2D eigenvalue weighted by molar-refractivity contribution is 6.06. The van der Waals surface area contributed by atoms with Gasteiger partial charge in [-0.2, -0.15) is 5.06 Å². The van der Waals surface area contributed by atoms with Gasteiger partial charge in [0.1, 0.15) is 12.6 Å². The number of piperidine rings is 1. The number of carbonyl (C=O) groups is 4. The van der Waals surface area contributed by atoms with Gasteiger partial charge in [0.15, 0.2) is 0 Å². The van der Waals surface area contributed by atoms with Crippen LogP contribution in [-0.4, -0.2) is 57.5 Å². The van der Waals surface area contributed by atoms with Gasteiger partial charge in [0, 0.05) is 6.54 Å². The third-order valence-electron chi connectivity index (χ3n) is 7.42. The van der Waals surface area contributed by atoms with Gasteiger partial charge in [0.2, 0.25) is 0 Å². The summed E-state index contributed by atoms with van der Waals surface area (Å²) >= 11 is 0. The normalized spacial score (nSPS) is 34.6. The Morgan fingerprint density at radius 2 is 1.66 bits per heavy atom. The number of hydrogen-bond acceptors (Lipinski definition) is 6. The fourth-order valence-electron chi connectivity index (χ4n) is 5.88. The molecule has 3 aliphatic heterocycles. The number of fused-ring (bicyclic) bond motifs is 7. The molecule has 0 radical (unpaired) electrons. The second-order valence-electron chi connectivity index (χ2n) is 9.15. The molecule has 2 aliphatic carbocycles. The van der Waals surface area contributed by atoms with Crippen LogP contribution in [0.1, 0.15) is 24.8 Å². The van der Waals surface area contributed by atoms with E-state index in [1.807, 2.05) is 42.5 Å². The van der Waals surface area contributed by atoms with Gasteiger partial charge in [-0.15, -0.1) is 5.06 Å². The fourth-order valence-corrected chi connectivity index (χ4v) is 5.88. The highest BCUT2D eigenvalue weighted by Crippen LogP contribution is 2.52. The topological polar surface area (TPSA) is 96.5 Å². The fraction of sp³-hybridized carbons (Fsp3) is 0.478. The van der Waals surface area contributed by atoms with E-state index in [4.69, 9.17) is 9.68 Å². The Hall–Kier alpha value is -3.20. The zero-order chi connectivity index (χ0) is 22.0. The van der Waals surface area contributed by atoms with E-state index in [9.17, 15) is 19.2 Å². The van der Waals surface area contributed by atoms with Gasteiger partial charge in [0.25, 0.3) is 11.8 Å². The number of urea groups is 1. The van der Waals surface area contributed by atoms with Crippen molar-refractivity contribution in [2.75, 3.05) is 6.54 Å². The zero-order valence-electron chi connectivity index (χ0n) is 17.3. The molecular formula is C23H23N3O6. The van der Waals surface area contributed by atoms with Crippen LogP contribution in [0.15, 0.2) is 42.5 Å². The lowest BCUT2D eigenvalue weighted by molar-refractivity contribution is -0.202. The van der Waals surface area contributed by atoms with Crippen LogP contribution in [0.4, 0.5) is 4.79 Å². The first-order chi connectivity index (χ1) is 15.5. The van der Waals surface area contributed by atoms with Crippen molar-refractivity contribution in [1.82, 2.24) is 15.0 Å². The lowest BCUT2D eigenvalue weighted by Gasteiger charge is -2.29. The van der Waals surface area contributed by atoms with Crippen molar-refractivity contribution in [3.05, 3.63) is 48.0 Å². The van der Waals surface area contributed by atoms with E-state index in [-0.39, 0.29) is 24.5 Å². The van der Waals surface area contributed by atoms with E-state index in [1.54, 1.807) is 0 Å². The monoisotopic (exact) mass is 437 g/mol. The van der Waals surface area contributed by atoms with Gasteiger partial charge in [-0.3, -0.25) is 14.4 Å². The molecule has 0 aromatic heterocycles. The van der Waals surface area contributed by atoms with Crippen LogP contribution < -0.4 is 0 Å². The van der Waals surface area contributed by atoms with Crippen LogP contribution >= 0.6 is 0 Å². The molecule has 166 valence electrons. The lowest BCUT2D eigenvalue weighted by atomic mass is 9.85. The van der Waals surface area contributed by atoms with Crippen molar-refractivity contribution in [2.24, 2.45) is 23.7 Å². The van der Waals surface area contributed by atoms with Crippen molar-refractivity contribution in [1.29, 1.82) is 0 Å². The molecule has 6 atom stereocenters. The van der Waals surface area contributed by atoms with Crippen LogP contribution in [0.2, 0.25) is 0 Å². The molecule has 1 unspecified atom stereocenters. The summed E-state index contributed by atoms with van der Waals surface area (Å²) < 4.78 is 0. The number of imide groups is 1. The van der Waals surface area contributed by atoms with Crippen LogP contribution in [0.3, 0.4) is 0 Å². The Balaban J connectivity index is 1.11. The van der Waals surface area contributed by atoms with E-state index in [1.165, 1.54) is 9.96 Å². The van der Waals surface area contributed by atoms with Gasteiger partial charge in [-0.05, 0) is 36.7 Å². The van der Waals surface area contributed by atoms with E-state index in [0.29, 0.717) is 24.4 Å². The standard InChI is InChI=1S/C23H23N3O6/c27-20-18-14-6-7-15(10-14)19(18)21(28)26(20)32-22(29)17-9-8-16-11-24(17)23(30)25(16)31-12-13-4-2-1-3-5-13/h1-7,14-19H,8-12H2/t14-,15+,16-,17-,18+,19?/m0/s1. The molecule has 1 aromatic carbocycles. The molecule has 1 aromatic rings. The number of rotatable bonds is 5.